The summed E-state index contributed by atoms with van der Waals surface area (Å²) in [5.41, 5.74) is 0. The standard InChI is InChI=1S/C60H116O17P2/c1-7-9-11-28-36-42-57(62)70-48-55(76-59(64)44-38-29-12-10-8-2)50-74-78(66,67)72-46-54(61)47-73-79(68,69)75-51-56(49-71-58(63)43-37-32-27-23-25-31-35-41-53(5)6)77-60(65)45-39-33-26-22-20-18-16-14-13-15-17-19-21-24-30-34-40-52(3)4/h52-56,61H,7-51H2,1-6H3,(H,66,67)(H,68,69)/t54-,55+,56+/m0/s1. The third-order valence-electron chi connectivity index (χ3n) is 13.7. The summed E-state index contributed by atoms with van der Waals surface area (Å²) in [4.78, 5) is 71.5. The van der Waals surface area contributed by atoms with Crippen LogP contribution in [-0.2, 0) is 65.4 Å². The molecular weight excluding hydrogens is 1050 g/mol. The van der Waals surface area contributed by atoms with Gasteiger partial charge in [0.2, 0.25) is 0 Å². The van der Waals surface area contributed by atoms with Gasteiger partial charge in [0.05, 0.1) is 26.4 Å². The van der Waals surface area contributed by atoms with Crippen molar-refractivity contribution >= 4 is 39.5 Å². The normalized spacial score (nSPS) is 14.4. The van der Waals surface area contributed by atoms with E-state index in [1.807, 2.05) is 0 Å². The van der Waals surface area contributed by atoms with Crippen LogP contribution in [0, 0.1) is 11.8 Å². The highest BCUT2D eigenvalue weighted by Gasteiger charge is 2.30. The summed E-state index contributed by atoms with van der Waals surface area (Å²) in [6.07, 6.45) is 34.4. The molecule has 0 aliphatic rings. The third kappa shape index (κ3) is 55.0. The highest BCUT2D eigenvalue weighted by atomic mass is 31.2. The molecule has 0 saturated carbocycles. The van der Waals surface area contributed by atoms with E-state index in [1.54, 1.807) is 0 Å². The van der Waals surface area contributed by atoms with Crippen molar-refractivity contribution in [1.29, 1.82) is 0 Å². The topological polar surface area (TPSA) is 237 Å². The summed E-state index contributed by atoms with van der Waals surface area (Å²) in [6, 6.07) is 0. The summed E-state index contributed by atoms with van der Waals surface area (Å²) >= 11 is 0. The number of unbranched alkanes of at least 4 members (excludes halogenated alkanes) is 29. The molecule has 0 aliphatic heterocycles. The minimum Gasteiger partial charge on any atom is -0.462 e. The molecule has 0 aromatic heterocycles. The van der Waals surface area contributed by atoms with E-state index < -0.39 is 97.5 Å². The number of ether oxygens (including phenoxy) is 4. The Morgan fingerprint density at radius 2 is 0.582 bits per heavy atom. The average molecular weight is 1170 g/mol. The molecule has 19 heteroatoms. The van der Waals surface area contributed by atoms with E-state index in [1.165, 1.54) is 96.3 Å². The third-order valence-corrected chi connectivity index (χ3v) is 15.6. The Kier molecular flexibility index (Phi) is 51.5. The van der Waals surface area contributed by atoms with Crippen LogP contribution in [0.3, 0.4) is 0 Å². The molecule has 0 saturated heterocycles. The van der Waals surface area contributed by atoms with Crippen molar-refractivity contribution in [2.45, 2.75) is 310 Å². The number of phosphoric acid groups is 2. The summed E-state index contributed by atoms with van der Waals surface area (Å²) in [7, 11) is -9.86. The quantitative estimate of drug-likeness (QED) is 0.0222. The van der Waals surface area contributed by atoms with Gasteiger partial charge in [-0.1, -0.05) is 241 Å². The average Bonchev–Trinajstić information content (AvgIpc) is 3.40. The lowest BCUT2D eigenvalue weighted by atomic mass is 10.0. The molecule has 0 bridgehead atoms. The second-order valence-corrected chi connectivity index (χ2v) is 25.6. The summed E-state index contributed by atoms with van der Waals surface area (Å²) in [5, 5.41) is 10.5. The SMILES string of the molecule is CCCCCCCC(=O)OC[C@H](COP(=O)(O)OC[C@H](O)COP(=O)(O)OC[C@@H](COC(=O)CCCCCCCCCC(C)C)OC(=O)CCCCCCCCCCCCCCCCCCC(C)C)OC(=O)CCCCCCC. The summed E-state index contributed by atoms with van der Waals surface area (Å²) in [6.45, 7) is 9.25. The minimum atomic E-state index is -4.94. The van der Waals surface area contributed by atoms with Gasteiger partial charge in [-0.25, -0.2) is 9.13 Å². The second-order valence-electron chi connectivity index (χ2n) is 22.7. The zero-order valence-corrected chi connectivity index (χ0v) is 52.4. The first-order valence-electron chi connectivity index (χ1n) is 31.5. The molecule has 0 aromatic carbocycles. The lowest BCUT2D eigenvalue weighted by Crippen LogP contribution is -2.30. The molecule has 0 aliphatic carbocycles. The number of aliphatic hydroxyl groups is 1. The van der Waals surface area contributed by atoms with Crippen molar-refractivity contribution in [3.63, 3.8) is 0 Å². The van der Waals surface area contributed by atoms with Gasteiger partial charge in [-0.3, -0.25) is 37.3 Å². The largest absolute Gasteiger partial charge is 0.472 e. The van der Waals surface area contributed by atoms with E-state index >= 15 is 0 Å². The van der Waals surface area contributed by atoms with Crippen LogP contribution in [0.5, 0.6) is 0 Å². The molecular formula is C60H116O17P2. The van der Waals surface area contributed by atoms with Gasteiger partial charge >= 0.3 is 39.5 Å². The molecule has 468 valence electrons. The van der Waals surface area contributed by atoms with E-state index in [-0.39, 0.29) is 25.7 Å². The first-order valence-corrected chi connectivity index (χ1v) is 34.5. The van der Waals surface area contributed by atoms with Crippen LogP contribution >= 0.6 is 15.6 Å². The predicted octanol–water partition coefficient (Wildman–Crippen LogP) is 16.1. The number of carbonyl (C=O) groups excluding carboxylic acids is 4. The van der Waals surface area contributed by atoms with Crippen LogP contribution in [0.1, 0.15) is 292 Å². The maximum atomic E-state index is 12.9. The Balaban J connectivity index is 5.06. The van der Waals surface area contributed by atoms with E-state index in [2.05, 4.69) is 41.5 Å². The van der Waals surface area contributed by atoms with Crippen molar-refractivity contribution in [3.05, 3.63) is 0 Å². The first kappa shape index (κ1) is 77.1. The molecule has 0 fully saturated rings. The summed E-state index contributed by atoms with van der Waals surface area (Å²) < 4.78 is 67.4. The fourth-order valence-corrected chi connectivity index (χ4v) is 10.4. The molecule has 0 rings (SSSR count). The molecule has 0 amide bonds. The highest BCUT2D eigenvalue weighted by Crippen LogP contribution is 2.45. The van der Waals surface area contributed by atoms with Crippen molar-refractivity contribution in [3.8, 4) is 0 Å². The van der Waals surface area contributed by atoms with E-state index in [4.69, 9.17) is 37.0 Å². The smallest absolute Gasteiger partial charge is 0.462 e. The number of rotatable bonds is 59. The van der Waals surface area contributed by atoms with Crippen molar-refractivity contribution < 1.29 is 80.2 Å². The van der Waals surface area contributed by atoms with E-state index in [0.29, 0.717) is 31.6 Å². The van der Waals surface area contributed by atoms with Gasteiger partial charge < -0.3 is 33.8 Å². The molecule has 0 spiro atoms. The Hall–Kier alpha value is -1.94. The van der Waals surface area contributed by atoms with Crippen LogP contribution in [0.25, 0.3) is 0 Å². The molecule has 2 unspecified atom stereocenters. The minimum absolute atomic E-state index is 0.0985. The van der Waals surface area contributed by atoms with Gasteiger partial charge in [-0.15, -0.1) is 0 Å². The van der Waals surface area contributed by atoms with E-state index in [9.17, 15) is 43.2 Å². The zero-order valence-electron chi connectivity index (χ0n) is 50.7. The first-order chi connectivity index (χ1) is 37.9. The van der Waals surface area contributed by atoms with Crippen LogP contribution in [0.2, 0.25) is 0 Å². The van der Waals surface area contributed by atoms with Crippen LogP contribution in [0.15, 0.2) is 0 Å². The zero-order chi connectivity index (χ0) is 58.7. The number of hydrogen-bond acceptors (Lipinski definition) is 15. The molecule has 0 heterocycles. The van der Waals surface area contributed by atoms with Crippen LogP contribution in [0.4, 0.5) is 0 Å². The molecule has 17 nitrogen and oxygen atoms in total. The van der Waals surface area contributed by atoms with Crippen molar-refractivity contribution in [2.75, 3.05) is 39.6 Å². The van der Waals surface area contributed by atoms with Gasteiger partial charge in [-0.2, -0.15) is 0 Å². The Bertz CT molecular complexity index is 1560. The van der Waals surface area contributed by atoms with Crippen LogP contribution < -0.4 is 0 Å². The number of esters is 4. The van der Waals surface area contributed by atoms with Crippen molar-refractivity contribution in [1.82, 2.24) is 0 Å². The Labute approximate surface area is 479 Å². The highest BCUT2D eigenvalue weighted by molar-refractivity contribution is 7.47. The maximum Gasteiger partial charge on any atom is 0.472 e. The number of phosphoric ester groups is 2. The van der Waals surface area contributed by atoms with Gasteiger partial charge in [0.15, 0.2) is 12.2 Å². The lowest BCUT2D eigenvalue weighted by Gasteiger charge is -2.21. The fourth-order valence-electron chi connectivity index (χ4n) is 8.82. The summed E-state index contributed by atoms with van der Waals surface area (Å²) in [5.74, 6) is -0.649. The number of aliphatic hydroxyl groups excluding tert-OH is 1. The molecule has 0 aromatic rings. The fraction of sp³-hybridized carbons (Fsp3) is 0.933. The number of hydrogen-bond donors (Lipinski definition) is 3. The van der Waals surface area contributed by atoms with E-state index in [0.717, 1.165) is 109 Å². The van der Waals surface area contributed by atoms with Crippen LogP contribution in [-0.4, -0.2) is 96.7 Å². The Morgan fingerprint density at radius 1 is 0.342 bits per heavy atom. The van der Waals surface area contributed by atoms with Crippen molar-refractivity contribution in [2.24, 2.45) is 11.8 Å². The number of carbonyl (C=O) groups is 4. The van der Waals surface area contributed by atoms with Gasteiger partial charge in [0, 0.05) is 25.7 Å². The maximum absolute atomic E-state index is 12.9. The predicted molar refractivity (Wildman–Crippen MR) is 312 cm³/mol. The van der Waals surface area contributed by atoms with Gasteiger partial charge in [-0.05, 0) is 37.5 Å². The van der Waals surface area contributed by atoms with Gasteiger partial charge in [0.1, 0.15) is 19.3 Å². The molecule has 5 atom stereocenters. The molecule has 79 heavy (non-hydrogen) atoms. The second kappa shape index (κ2) is 52.8. The van der Waals surface area contributed by atoms with Gasteiger partial charge in [0.25, 0.3) is 0 Å². The molecule has 3 N–H and O–H groups in total. The Morgan fingerprint density at radius 3 is 0.861 bits per heavy atom. The lowest BCUT2D eigenvalue weighted by molar-refractivity contribution is -0.161. The molecule has 0 radical (unpaired) electrons. The monoisotopic (exact) mass is 1170 g/mol.